The van der Waals surface area contributed by atoms with Crippen LogP contribution in [0.1, 0.15) is 5.56 Å². The molecule has 78 valence electrons. The quantitative estimate of drug-likeness (QED) is 0.475. The molecule has 1 aromatic carbocycles. The van der Waals surface area contributed by atoms with E-state index in [9.17, 15) is 14.7 Å². The fourth-order valence-electron chi connectivity index (χ4n) is 1.12. The number of aliphatic hydroxyl groups excluding tert-OH is 1. The number of carbonyl (C=O) groups excluding carboxylic acids is 2. The molecule has 0 aliphatic rings. The Labute approximate surface area is 86.0 Å². The average Bonchev–Trinajstić information content (AvgIpc) is 2.18. The number of hydrogen-bond donors (Lipinski definition) is 3. The van der Waals surface area contributed by atoms with E-state index < -0.39 is 17.6 Å². The van der Waals surface area contributed by atoms with Crippen LogP contribution < -0.4 is 11.5 Å². The highest BCUT2D eigenvalue weighted by Gasteiger charge is 2.17. The second-order valence-corrected chi connectivity index (χ2v) is 2.82. The Morgan fingerprint density at radius 1 is 1.00 bits per heavy atom. The SMILES string of the molecule is NC(=O)/C(O)=C(\C(N)=O)c1ccccc1. The van der Waals surface area contributed by atoms with Gasteiger partial charge in [-0.2, -0.15) is 0 Å². The first-order valence-electron chi connectivity index (χ1n) is 4.12. The fraction of sp³-hybridized carbons (Fsp3) is 0. The van der Waals surface area contributed by atoms with E-state index in [1.165, 1.54) is 0 Å². The summed E-state index contributed by atoms with van der Waals surface area (Å²) >= 11 is 0. The smallest absolute Gasteiger partial charge is 0.284 e. The van der Waals surface area contributed by atoms with E-state index in [2.05, 4.69) is 0 Å². The topological polar surface area (TPSA) is 106 Å². The highest BCUT2D eigenvalue weighted by atomic mass is 16.3. The second kappa shape index (κ2) is 4.28. The lowest BCUT2D eigenvalue weighted by Crippen LogP contribution is -2.22. The van der Waals surface area contributed by atoms with E-state index in [4.69, 9.17) is 11.5 Å². The van der Waals surface area contributed by atoms with Crippen LogP contribution in [0.4, 0.5) is 0 Å². The molecule has 0 aromatic heterocycles. The van der Waals surface area contributed by atoms with Gasteiger partial charge in [0.2, 0.25) is 0 Å². The van der Waals surface area contributed by atoms with Gasteiger partial charge in [0.05, 0.1) is 5.57 Å². The number of aliphatic hydroxyl groups is 1. The third-order valence-electron chi connectivity index (χ3n) is 1.78. The van der Waals surface area contributed by atoms with Gasteiger partial charge in [0.25, 0.3) is 11.8 Å². The van der Waals surface area contributed by atoms with Gasteiger partial charge >= 0.3 is 0 Å². The molecule has 5 nitrogen and oxygen atoms in total. The number of amides is 2. The zero-order valence-electron chi connectivity index (χ0n) is 7.81. The summed E-state index contributed by atoms with van der Waals surface area (Å²) in [5, 5.41) is 9.31. The number of rotatable bonds is 3. The molecule has 2 amide bonds. The van der Waals surface area contributed by atoms with Crippen LogP contribution in [0.25, 0.3) is 5.57 Å². The largest absolute Gasteiger partial charge is 0.502 e. The van der Waals surface area contributed by atoms with E-state index in [1.54, 1.807) is 30.3 Å². The molecule has 0 aliphatic heterocycles. The van der Waals surface area contributed by atoms with Crippen molar-refractivity contribution in [3.05, 3.63) is 41.7 Å². The van der Waals surface area contributed by atoms with Crippen molar-refractivity contribution in [3.8, 4) is 0 Å². The molecule has 0 radical (unpaired) electrons. The lowest BCUT2D eigenvalue weighted by atomic mass is 10.0. The van der Waals surface area contributed by atoms with Gasteiger partial charge in [0.1, 0.15) is 0 Å². The number of carbonyl (C=O) groups is 2. The maximum atomic E-state index is 11.0. The van der Waals surface area contributed by atoms with E-state index in [1.807, 2.05) is 0 Å². The summed E-state index contributed by atoms with van der Waals surface area (Å²) < 4.78 is 0. The van der Waals surface area contributed by atoms with Crippen molar-refractivity contribution >= 4 is 17.4 Å². The maximum Gasteiger partial charge on any atom is 0.284 e. The van der Waals surface area contributed by atoms with Gasteiger partial charge in [-0.25, -0.2) is 0 Å². The Kier molecular flexibility index (Phi) is 3.07. The number of nitrogens with two attached hydrogens (primary N) is 2. The van der Waals surface area contributed by atoms with Crippen molar-refractivity contribution in [2.45, 2.75) is 0 Å². The Balaban J connectivity index is 3.34. The molecule has 0 bridgehead atoms. The molecule has 0 saturated heterocycles. The van der Waals surface area contributed by atoms with E-state index in [-0.39, 0.29) is 5.57 Å². The van der Waals surface area contributed by atoms with Crippen LogP contribution in [0.3, 0.4) is 0 Å². The van der Waals surface area contributed by atoms with Crippen molar-refractivity contribution < 1.29 is 14.7 Å². The number of benzene rings is 1. The molecule has 0 saturated carbocycles. The predicted octanol–water partition coefficient (Wildman–Crippen LogP) is -0.0737. The molecule has 15 heavy (non-hydrogen) atoms. The average molecular weight is 206 g/mol. The summed E-state index contributed by atoms with van der Waals surface area (Å²) in [5.41, 5.74) is 9.97. The highest BCUT2D eigenvalue weighted by Crippen LogP contribution is 2.16. The van der Waals surface area contributed by atoms with Gasteiger partial charge in [0.15, 0.2) is 5.76 Å². The third-order valence-corrected chi connectivity index (χ3v) is 1.78. The van der Waals surface area contributed by atoms with Crippen LogP contribution >= 0.6 is 0 Å². The first-order chi connectivity index (χ1) is 7.04. The van der Waals surface area contributed by atoms with Gasteiger partial charge in [-0.15, -0.1) is 0 Å². The standard InChI is InChI=1S/C10H10N2O3/c11-9(14)7(8(13)10(12)15)6-4-2-1-3-5-6/h1-5,13H,(H2,11,14)(H2,12,15)/b8-7+. The van der Waals surface area contributed by atoms with Gasteiger partial charge in [-0.1, -0.05) is 30.3 Å². The van der Waals surface area contributed by atoms with Crippen LogP contribution in [0.5, 0.6) is 0 Å². The summed E-state index contributed by atoms with van der Waals surface area (Å²) in [6.07, 6.45) is 0. The molecule has 5 heteroatoms. The van der Waals surface area contributed by atoms with Crippen LogP contribution in [-0.2, 0) is 9.59 Å². The summed E-state index contributed by atoms with van der Waals surface area (Å²) in [6.45, 7) is 0. The van der Waals surface area contributed by atoms with Crippen molar-refractivity contribution in [2.24, 2.45) is 11.5 Å². The lowest BCUT2D eigenvalue weighted by Gasteiger charge is -2.04. The summed E-state index contributed by atoms with van der Waals surface area (Å²) in [5.74, 6) is -2.82. The molecular formula is C10H10N2O3. The monoisotopic (exact) mass is 206 g/mol. The summed E-state index contributed by atoms with van der Waals surface area (Å²) in [4.78, 5) is 21.8. The molecule has 0 fully saturated rings. The van der Waals surface area contributed by atoms with Crippen molar-refractivity contribution in [3.63, 3.8) is 0 Å². The normalized spacial score (nSPS) is 11.7. The van der Waals surface area contributed by atoms with E-state index >= 15 is 0 Å². The number of primary amides is 2. The van der Waals surface area contributed by atoms with Gasteiger partial charge in [-0.05, 0) is 5.56 Å². The summed E-state index contributed by atoms with van der Waals surface area (Å²) in [7, 11) is 0. The molecule has 0 unspecified atom stereocenters. The van der Waals surface area contributed by atoms with Crippen molar-refractivity contribution in [2.75, 3.05) is 0 Å². The Morgan fingerprint density at radius 2 is 1.53 bits per heavy atom. The van der Waals surface area contributed by atoms with Crippen molar-refractivity contribution in [1.82, 2.24) is 0 Å². The molecule has 0 spiro atoms. The Bertz CT molecular complexity index is 424. The van der Waals surface area contributed by atoms with E-state index in [0.717, 1.165) is 0 Å². The van der Waals surface area contributed by atoms with E-state index in [0.29, 0.717) is 5.56 Å². The minimum Gasteiger partial charge on any atom is -0.502 e. The summed E-state index contributed by atoms with van der Waals surface area (Å²) in [6, 6.07) is 8.10. The molecule has 0 aliphatic carbocycles. The van der Waals surface area contributed by atoms with Crippen molar-refractivity contribution in [1.29, 1.82) is 0 Å². The van der Waals surface area contributed by atoms with Gasteiger partial charge in [0, 0.05) is 0 Å². The molecular weight excluding hydrogens is 196 g/mol. The molecule has 5 N–H and O–H groups in total. The minimum absolute atomic E-state index is 0.275. The van der Waals surface area contributed by atoms with Crippen LogP contribution in [0.2, 0.25) is 0 Å². The van der Waals surface area contributed by atoms with Gasteiger partial charge in [-0.3, -0.25) is 9.59 Å². The lowest BCUT2D eigenvalue weighted by molar-refractivity contribution is -0.118. The zero-order chi connectivity index (χ0) is 11.4. The van der Waals surface area contributed by atoms with Crippen LogP contribution in [-0.4, -0.2) is 16.9 Å². The fourth-order valence-corrected chi connectivity index (χ4v) is 1.12. The first-order valence-corrected chi connectivity index (χ1v) is 4.12. The zero-order valence-corrected chi connectivity index (χ0v) is 7.81. The van der Waals surface area contributed by atoms with Crippen LogP contribution in [0, 0.1) is 0 Å². The maximum absolute atomic E-state index is 11.0. The number of hydrogen-bond acceptors (Lipinski definition) is 3. The second-order valence-electron chi connectivity index (χ2n) is 2.82. The highest BCUT2D eigenvalue weighted by molar-refractivity contribution is 6.24. The molecule has 1 rings (SSSR count). The Morgan fingerprint density at radius 3 is 1.93 bits per heavy atom. The first kappa shape index (κ1) is 10.8. The van der Waals surface area contributed by atoms with Crippen LogP contribution in [0.15, 0.2) is 36.1 Å². The predicted molar refractivity (Wildman–Crippen MR) is 54.4 cm³/mol. The molecule has 0 heterocycles. The Hall–Kier alpha value is -2.30. The van der Waals surface area contributed by atoms with Gasteiger partial charge < -0.3 is 16.6 Å². The molecule has 0 atom stereocenters. The third kappa shape index (κ3) is 2.34. The molecule has 1 aromatic rings. The minimum atomic E-state index is -1.09.